The Hall–Kier alpha value is -3.91. The van der Waals surface area contributed by atoms with E-state index in [4.69, 9.17) is 0 Å². The minimum atomic E-state index is -3.67. The van der Waals surface area contributed by atoms with Crippen molar-refractivity contribution in [1.29, 1.82) is 0 Å². The Morgan fingerprint density at radius 1 is 0.421 bits per heavy atom. The Balaban J connectivity index is 2.19. The minimum absolute atomic E-state index is 0.0285. The van der Waals surface area contributed by atoms with Gasteiger partial charge < -0.3 is 0 Å². The van der Waals surface area contributed by atoms with Crippen LogP contribution < -0.4 is 0 Å². The highest BCUT2D eigenvalue weighted by Crippen LogP contribution is 2.48. The maximum absolute atomic E-state index is 14.5. The van der Waals surface area contributed by atoms with Crippen LogP contribution in [0.5, 0.6) is 0 Å². The molecular weight excluding hydrogens is 561 g/mol. The lowest BCUT2D eigenvalue weighted by atomic mass is 9.91. The van der Waals surface area contributed by atoms with E-state index >= 15 is 0 Å². The molecule has 0 saturated heterocycles. The number of hydrogen-bond donors (Lipinski definition) is 0. The Morgan fingerprint density at radius 3 is 1.16 bits per heavy atom. The van der Waals surface area contributed by atoms with Crippen LogP contribution in [0.1, 0.15) is 11.1 Å². The van der Waals surface area contributed by atoms with Crippen molar-refractivity contribution < 1.29 is 65.9 Å². The summed E-state index contributed by atoms with van der Waals surface area (Å²) < 4.78 is 210. The third-order valence-corrected chi connectivity index (χ3v) is 5.44. The number of benzene rings is 2. The molecule has 0 aromatic heterocycles. The van der Waals surface area contributed by atoms with Gasteiger partial charge in [-0.1, -0.05) is 0 Å². The lowest BCUT2D eigenvalue weighted by Crippen LogP contribution is -2.14. The number of halogens is 15. The average molecular weight is 564 g/mol. The van der Waals surface area contributed by atoms with Gasteiger partial charge in [0.15, 0.2) is 69.8 Å². The maximum atomic E-state index is 14.5. The van der Waals surface area contributed by atoms with E-state index in [9.17, 15) is 65.9 Å². The van der Waals surface area contributed by atoms with Crippen LogP contribution in [0.3, 0.4) is 0 Å². The molecule has 0 aliphatic heterocycles. The van der Waals surface area contributed by atoms with Crippen molar-refractivity contribution in [3.8, 4) is 0 Å². The summed E-state index contributed by atoms with van der Waals surface area (Å²) >= 11 is 0. The summed E-state index contributed by atoms with van der Waals surface area (Å²) in [5, 5.41) is 0. The van der Waals surface area contributed by atoms with E-state index in [1.807, 2.05) is 0 Å². The highest BCUT2D eigenvalue weighted by atomic mass is 19.2. The predicted molar refractivity (Wildman–Crippen MR) is 98.8 cm³/mol. The van der Waals surface area contributed by atoms with Gasteiger partial charge in [-0.2, -0.15) is 0 Å². The first kappa shape index (κ1) is 27.1. The van der Waals surface area contributed by atoms with Gasteiger partial charge in [0, 0.05) is 0 Å². The van der Waals surface area contributed by atoms with Crippen LogP contribution in [-0.4, -0.2) is 6.17 Å². The molecule has 2 aromatic carbocycles. The molecule has 0 atom stereocenters. The molecule has 2 aliphatic carbocycles. The van der Waals surface area contributed by atoms with Crippen LogP contribution >= 0.6 is 0 Å². The van der Waals surface area contributed by atoms with Crippen molar-refractivity contribution >= 4 is 11.1 Å². The largest absolute Gasteiger partial charge is 0.232 e. The van der Waals surface area contributed by atoms with E-state index in [1.54, 1.807) is 0 Å². The van der Waals surface area contributed by atoms with E-state index in [0.29, 0.717) is 0 Å². The smallest absolute Gasteiger partial charge is 0.208 e. The zero-order valence-electron chi connectivity index (χ0n) is 17.4. The Bertz CT molecular complexity index is 1520. The van der Waals surface area contributed by atoms with Gasteiger partial charge >= 0.3 is 0 Å². The molecule has 0 fully saturated rings. The molecule has 200 valence electrons. The van der Waals surface area contributed by atoms with Crippen LogP contribution in [0.15, 0.2) is 46.6 Å². The molecule has 0 unspecified atom stereocenters. The van der Waals surface area contributed by atoms with Crippen LogP contribution in [0, 0.1) is 58.2 Å². The molecule has 0 N–H and O–H groups in total. The third-order valence-electron chi connectivity index (χ3n) is 5.44. The van der Waals surface area contributed by atoms with E-state index in [-0.39, 0.29) is 12.2 Å². The van der Waals surface area contributed by atoms with Gasteiger partial charge in [0.25, 0.3) is 0 Å². The van der Waals surface area contributed by atoms with Crippen LogP contribution in [0.25, 0.3) is 11.1 Å². The second-order valence-corrected chi connectivity index (χ2v) is 7.52. The van der Waals surface area contributed by atoms with Gasteiger partial charge in [-0.3, -0.25) is 0 Å². The standard InChI is InChI=1S/C23H3F15/c24-9-6(10(25)16(31)21(36)15(9)30)3-1-4(7-11(26)17(32)22(37)18(33)12(7)27)5(2-3)8-13(28)19(34)23(38)20(35)14(8)29/h1-2,22H. The topological polar surface area (TPSA) is 0 Å². The highest BCUT2D eigenvalue weighted by molar-refractivity contribution is 6.01. The van der Waals surface area contributed by atoms with Gasteiger partial charge in [-0.05, 0) is 28.9 Å². The normalized spacial score (nSPS) is 18.1. The number of rotatable bonds is 2. The van der Waals surface area contributed by atoms with Gasteiger partial charge in [0.05, 0.1) is 16.7 Å². The molecule has 0 amide bonds. The molecule has 0 heterocycles. The molecular formula is C23H3F15. The Kier molecular flexibility index (Phi) is 6.52. The highest BCUT2D eigenvalue weighted by Gasteiger charge is 2.41. The van der Waals surface area contributed by atoms with Gasteiger partial charge in [-0.25, -0.2) is 65.9 Å². The van der Waals surface area contributed by atoms with E-state index in [1.165, 1.54) is 0 Å². The van der Waals surface area contributed by atoms with Crippen molar-refractivity contribution in [2.24, 2.45) is 0 Å². The quantitative estimate of drug-likeness (QED) is 0.195. The fourth-order valence-electron chi connectivity index (χ4n) is 3.67. The first-order valence-corrected chi connectivity index (χ1v) is 9.60. The first-order chi connectivity index (χ1) is 17.6. The van der Waals surface area contributed by atoms with Gasteiger partial charge in [-0.15, -0.1) is 0 Å². The minimum Gasteiger partial charge on any atom is -0.232 e. The van der Waals surface area contributed by atoms with E-state index in [2.05, 4.69) is 0 Å². The number of allylic oxidation sites excluding steroid dienone is 10. The molecule has 0 saturated carbocycles. The molecule has 0 nitrogen and oxygen atoms in total. The van der Waals surface area contributed by atoms with Crippen molar-refractivity contribution in [2.75, 3.05) is 0 Å². The lowest BCUT2D eigenvalue weighted by molar-refractivity contribution is 0.289. The molecule has 2 aromatic rings. The summed E-state index contributed by atoms with van der Waals surface area (Å²) in [6, 6.07) is 0. The molecule has 0 radical (unpaired) electrons. The molecule has 0 spiro atoms. The summed E-state index contributed by atoms with van der Waals surface area (Å²) in [5.74, 6) is -37.2. The SMILES string of the molecule is FC1=C(F)C(F)C(F)=C(F)C1=C1C=C(c2c(F)c(F)c(F)c(F)c2F)C=C1c1c(F)c(F)c(F)c(F)c1F. The van der Waals surface area contributed by atoms with Crippen molar-refractivity contribution in [2.45, 2.75) is 6.17 Å². The predicted octanol–water partition coefficient (Wildman–Crippen LogP) is 8.51. The summed E-state index contributed by atoms with van der Waals surface area (Å²) in [5.41, 5.74) is -10.7. The van der Waals surface area contributed by atoms with Crippen LogP contribution in [-0.2, 0) is 0 Å². The summed E-state index contributed by atoms with van der Waals surface area (Å²) in [6.45, 7) is 0. The fraction of sp³-hybridized carbons (Fsp3) is 0.0435. The van der Waals surface area contributed by atoms with Crippen LogP contribution in [0.2, 0.25) is 0 Å². The van der Waals surface area contributed by atoms with E-state index < -0.39 is 121 Å². The summed E-state index contributed by atoms with van der Waals surface area (Å²) in [6.07, 6.45) is -3.73. The molecule has 15 heteroatoms. The van der Waals surface area contributed by atoms with Gasteiger partial charge in [0.1, 0.15) is 0 Å². The van der Waals surface area contributed by atoms with Crippen LogP contribution in [0.4, 0.5) is 65.9 Å². The first-order valence-electron chi connectivity index (χ1n) is 9.60. The lowest BCUT2D eigenvalue weighted by Gasteiger charge is -2.18. The molecule has 4 rings (SSSR count). The van der Waals surface area contributed by atoms with Crippen molar-refractivity contribution in [3.63, 3.8) is 0 Å². The third kappa shape index (κ3) is 3.66. The average Bonchev–Trinajstić information content (AvgIpc) is 3.30. The molecule has 2 aliphatic rings. The van der Waals surface area contributed by atoms with Crippen molar-refractivity contribution in [3.05, 3.63) is 116 Å². The number of hydrogen-bond acceptors (Lipinski definition) is 0. The second kappa shape index (κ2) is 9.13. The second-order valence-electron chi connectivity index (χ2n) is 7.52. The Labute approximate surface area is 200 Å². The van der Waals surface area contributed by atoms with Gasteiger partial charge in [0.2, 0.25) is 17.8 Å². The maximum Gasteiger partial charge on any atom is 0.208 e. The van der Waals surface area contributed by atoms with E-state index in [0.717, 1.165) is 0 Å². The molecule has 0 bridgehead atoms. The zero-order chi connectivity index (χ0) is 28.5. The Morgan fingerprint density at radius 2 is 0.763 bits per heavy atom. The number of alkyl halides is 1. The van der Waals surface area contributed by atoms with Crippen molar-refractivity contribution in [1.82, 2.24) is 0 Å². The summed E-state index contributed by atoms with van der Waals surface area (Å²) in [4.78, 5) is 0. The summed E-state index contributed by atoms with van der Waals surface area (Å²) in [7, 11) is 0. The molecule has 38 heavy (non-hydrogen) atoms. The monoisotopic (exact) mass is 564 g/mol. The fourth-order valence-corrected chi connectivity index (χ4v) is 3.67. The zero-order valence-corrected chi connectivity index (χ0v) is 17.4.